The Balaban J connectivity index is 2.55. The first-order valence-corrected chi connectivity index (χ1v) is 5.01. The summed E-state index contributed by atoms with van der Waals surface area (Å²) in [7, 11) is 2.00. The molecule has 2 aromatic rings. The number of nitrogens with two attached hydrogens (primary N) is 1. The van der Waals surface area contributed by atoms with E-state index < -0.39 is 0 Å². The first kappa shape index (κ1) is 9.93. The predicted octanol–water partition coefficient (Wildman–Crippen LogP) is 1.85. The Morgan fingerprint density at radius 3 is 2.47 bits per heavy atom. The molecule has 2 N–H and O–H groups in total. The van der Waals surface area contributed by atoms with Crippen LogP contribution in [0.1, 0.15) is 11.5 Å². The van der Waals surface area contributed by atoms with Crippen molar-refractivity contribution in [1.82, 2.24) is 9.55 Å². The van der Waals surface area contributed by atoms with Crippen molar-refractivity contribution in [3.63, 3.8) is 0 Å². The van der Waals surface area contributed by atoms with Crippen LogP contribution in [0.2, 0.25) is 0 Å². The Labute approximate surface area is 89.6 Å². The SMILES string of the molecule is Cc1c(-c2ccccc2)nc(CN)n1C. The van der Waals surface area contributed by atoms with Gasteiger partial charge in [-0.05, 0) is 6.92 Å². The summed E-state index contributed by atoms with van der Waals surface area (Å²) < 4.78 is 2.04. The smallest absolute Gasteiger partial charge is 0.123 e. The second-order valence-electron chi connectivity index (χ2n) is 3.59. The lowest BCUT2D eigenvalue weighted by atomic mass is 10.1. The van der Waals surface area contributed by atoms with Crippen molar-refractivity contribution in [2.75, 3.05) is 0 Å². The van der Waals surface area contributed by atoms with Crippen LogP contribution in [0.15, 0.2) is 30.3 Å². The molecule has 0 aliphatic carbocycles. The molecule has 0 amide bonds. The van der Waals surface area contributed by atoms with Gasteiger partial charge in [0.25, 0.3) is 0 Å². The third-order valence-electron chi connectivity index (χ3n) is 2.70. The third-order valence-corrected chi connectivity index (χ3v) is 2.70. The Kier molecular flexibility index (Phi) is 2.56. The highest BCUT2D eigenvalue weighted by Crippen LogP contribution is 2.22. The highest BCUT2D eigenvalue weighted by molar-refractivity contribution is 5.61. The molecule has 1 aromatic carbocycles. The van der Waals surface area contributed by atoms with E-state index in [9.17, 15) is 0 Å². The molecule has 0 radical (unpaired) electrons. The minimum atomic E-state index is 0.476. The summed E-state index contributed by atoms with van der Waals surface area (Å²) in [5.74, 6) is 0.923. The standard InChI is InChI=1S/C12H15N3/c1-9-12(10-6-4-3-5-7-10)14-11(8-13)15(9)2/h3-7H,8,13H2,1-2H3. The maximum absolute atomic E-state index is 5.63. The normalized spacial score (nSPS) is 10.6. The molecule has 3 nitrogen and oxygen atoms in total. The number of rotatable bonds is 2. The van der Waals surface area contributed by atoms with Crippen molar-refractivity contribution < 1.29 is 0 Å². The van der Waals surface area contributed by atoms with E-state index in [1.54, 1.807) is 0 Å². The van der Waals surface area contributed by atoms with Crippen molar-refractivity contribution in [2.45, 2.75) is 13.5 Å². The average Bonchev–Trinajstić information content (AvgIpc) is 2.57. The number of nitrogens with zero attached hydrogens (tertiary/aromatic N) is 2. The Hall–Kier alpha value is -1.61. The molecule has 0 atom stereocenters. The van der Waals surface area contributed by atoms with Crippen molar-refractivity contribution >= 4 is 0 Å². The number of benzene rings is 1. The van der Waals surface area contributed by atoms with Crippen molar-refractivity contribution in [2.24, 2.45) is 12.8 Å². The van der Waals surface area contributed by atoms with Gasteiger partial charge in [0.1, 0.15) is 5.82 Å². The molecule has 0 saturated carbocycles. The fraction of sp³-hybridized carbons (Fsp3) is 0.250. The molecule has 0 aliphatic heterocycles. The summed E-state index contributed by atoms with van der Waals surface area (Å²) in [5, 5.41) is 0. The quantitative estimate of drug-likeness (QED) is 0.806. The van der Waals surface area contributed by atoms with E-state index in [2.05, 4.69) is 24.0 Å². The molecule has 0 bridgehead atoms. The number of aromatic nitrogens is 2. The number of hydrogen-bond donors (Lipinski definition) is 1. The maximum atomic E-state index is 5.63. The zero-order valence-electron chi connectivity index (χ0n) is 9.07. The van der Waals surface area contributed by atoms with Gasteiger partial charge in [-0.15, -0.1) is 0 Å². The van der Waals surface area contributed by atoms with Crippen LogP contribution in [-0.4, -0.2) is 9.55 Å². The third kappa shape index (κ3) is 1.66. The van der Waals surface area contributed by atoms with Crippen LogP contribution in [0, 0.1) is 6.92 Å². The van der Waals surface area contributed by atoms with E-state index in [0.29, 0.717) is 6.54 Å². The van der Waals surface area contributed by atoms with Crippen LogP contribution in [-0.2, 0) is 13.6 Å². The molecule has 2 rings (SSSR count). The highest BCUT2D eigenvalue weighted by atomic mass is 15.1. The van der Waals surface area contributed by atoms with Gasteiger partial charge in [-0.2, -0.15) is 0 Å². The number of imidazole rings is 1. The van der Waals surface area contributed by atoms with Crippen LogP contribution >= 0.6 is 0 Å². The summed E-state index contributed by atoms with van der Waals surface area (Å²) in [6.45, 7) is 2.54. The van der Waals surface area contributed by atoms with Crippen LogP contribution in [0.25, 0.3) is 11.3 Å². The van der Waals surface area contributed by atoms with Crippen LogP contribution in [0.5, 0.6) is 0 Å². The van der Waals surface area contributed by atoms with Gasteiger partial charge in [-0.25, -0.2) is 4.98 Å². The summed E-state index contributed by atoms with van der Waals surface area (Å²) in [5.41, 5.74) is 8.95. The molecule has 78 valence electrons. The molecule has 1 heterocycles. The van der Waals surface area contributed by atoms with Gasteiger partial charge >= 0.3 is 0 Å². The molecule has 0 saturated heterocycles. The summed E-state index contributed by atoms with van der Waals surface area (Å²) in [6, 6.07) is 10.2. The topological polar surface area (TPSA) is 43.8 Å². The van der Waals surface area contributed by atoms with Gasteiger partial charge in [0.05, 0.1) is 12.2 Å². The zero-order valence-corrected chi connectivity index (χ0v) is 9.07. The van der Waals surface area contributed by atoms with E-state index in [1.807, 2.05) is 29.8 Å². The van der Waals surface area contributed by atoms with Gasteiger partial charge < -0.3 is 10.3 Å². The van der Waals surface area contributed by atoms with Crippen molar-refractivity contribution in [3.05, 3.63) is 41.9 Å². The summed E-state index contributed by atoms with van der Waals surface area (Å²) in [6.07, 6.45) is 0. The first-order valence-electron chi connectivity index (χ1n) is 5.01. The Bertz CT molecular complexity index is 457. The monoisotopic (exact) mass is 201 g/mol. The summed E-state index contributed by atoms with van der Waals surface area (Å²) >= 11 is 0. The van der Waals surface area contributed by atoms with Crippen molar-refractivity contribution in [1.29, 1.82) is 0 Å². The van der Waals surface area contributed by atoms with E-state index in [0.717, 1.165) is 22.8 Å². The molecule has 3 heteroatoms. The Morgan fingerprint density at radius 2 is 1.93 bits per heavy atom. The van der Waals surface area contributed by atoms with Gasteiger partial charge in [-0.1, -0.05) is 30.3 Å². The largest absolute Gasteiger partial charge is 0.334 e. The maximum Gasteiger partial charge on any atom is 0.123 e. The van der Waals surface area contributed by atoms with E-state index in [1.165, 1.54) is 0 Å². The second kappa shape index (κ2) is 3.87. The Morgan fingerprint density at radius 1 is 1.27 bits per heavy atom. The van der Waals surface area contributed by atoms with Crippen LogP contribution < -0.4 is 5.73 Å². The average molecular weight is 201 g/mol. The molecule has 0 fully saturated rings. The molecule has 0 spiro atoms. The fourth-order valence-corrected chi connectivity index (χ4v) is 1.69. The fourth-order valence-electron chi connectivity index (χ4n) is 1.69. The van der Waals surface area contributed by atoms with Crippen LogP contribution in [0.3, 0.4) is 0 Å². The molecule has 15 heavy (non-hydrogen) atoms. The molecule has 0 unspecified atom stereocenters. The molecule has 0 aliphatic rings. The van der Waals surface area contributed by atoms with Crippen LogP contribution in [0.4, 0.5) is 0 Å². The zero-order chi connectivity index (χ0) is 10.8. The minimum Gasteiger partial charge on any atom is -0.334 e. The van der Waals surface area contributed by atoms with E-state index >= 15 is 0 Å². The number of hydrogen-bond acceptors (Lipinski definition) is 2. The lowest BCUT2D eigenvalue weighted by molar-refractivity contribution is 0.774. The lowest BCUT2D eigenvalue weighted by Crippen LogP contribution is -2.05. The lowest BCUT2D eigenvalue weighted by Gasteiger charge is -2.00. The van der Waals surface area contributed by atoms with Gasteiger partial charge in [0.2, 0.25) is 0 Å². The van der Waals surface area contributed by atoms with E-state index in [-0.39, 0.29) is 0 Å². The van der Waals surface area contributed by atoms with Gasteiger partial charge in [-0.3, -0.25) is 0 Å². The summed E-state index contributed by atoms with van der Waals surface area (Å²) in [4.78, 5) is 4.54. The van der Waals surface area contributed by atoms with Crippen molar-refractivity contribution in [3.8, 4) is 11.3 Å². The van der Waals surface area contributed by atoms with E-state index in [4.69, 9.17) is 5.73 Å². The molecule has 1 aromatic heterocycles. The highest BCUT2D eigenvalue weighted by Gasteiger charge is 2.10. The molecular formula is C12H15N3. The molecular weight excluding hydrogens is 186 g/mol. The predicted molar refractivity (Wildman–Crippen MR) is 61.3 cm³/mol. The first-order chi connectivity index (χ1) is 7.24. The van der Waals surface area contributed by atoms with Gasteiger partial charge in [0, 0.05) is 18.3 Å². The minimum absolute atomic E-state index is 0.476. The second-order valence-corrected chi connectivity index (χ2v) is 3.59. The van der Waals surface area contributed by atoms with Gasteiger partial charge in [0.15, 0.2) is 0 Å².